The van der Waals surface area contributed by atoms with Gasteiger partial charge < -0.3 is 10.2 Å². The third-order valence-corrected chi connectivity index (χ3v) is 6.66. The highest BCUT2D eigenvalue weighted by atomic mass is 32.1. The molecule has 1 aliphatic heterocycles. The number of anilines is 1. The van der Waals surface area contributed by atoms with E-state index in [4.69, 9.17) is 4.98 Å². The standard InChI is InChI=1S/C23H27N3OS/c1-15-11-17(3)21-20(12-15)28-23(25-21)26-10-6-9-19(14-26)22(27)24-13-18-8-5-4-7-16(18)2/h4-5,7-8,11-12,19H,6,9-10,13-14H2,1-3H3,(H,24,27)/t19-/m0/s1. The molecule has 4 rings (SSSR count). The summed E-state index contributed by atoms with van der Waals surface area (Å²) >= 11 is 1.74. The fourth-order valence-corrected chi connectivity index (χ4v) is 5.17. The van der Waals surface area contributed by atoms with E-state index in [1.54, 1.807) is 11.3 Å². The molecular weight excluding hydrogens is 366 g/mol. The molecule has 1 aliphatic rings. The average molecular weight is 394 g/mol. The molecule has 1 N–H and O–H groups in total. The van der Waals surface area contributed by atoms with E-state index in [1.807, 2.05) is 12.1 Å². The van der Waals surface area contributed by atoms with Crippen LogP contribution in [0.4, 0.5) is 5.13 Å². The summed E-state index contributed by atoms with van der Waals surface area (Å²) in [4.78, 5) is 20.0. The van der Waals surface area contributed by atoms with E-state index >= 15 is 0 Å². The Labute approximate surface area is 170 Å². The quantitative estimate of drug-likeness (QED) is 0.695. The molecular formula is C23H27N3OS. The molecule has 0 spiro atoms. The molecule has 1 fully saturated rings. The maximum atomic E-state index is 12.8. The second kappa shape index (κ2) is 7.92. The highest BCUT2D eigenvalue weighted by molar-refractivity contribution is 7.22. The van der Waals surface area contributed by atoms with E-state index < -0.39 is 0 Å². The van der Waals surface area contributed by atoms with Crippen molar-refractivity contribution in [3.8, 4) is 0 Å². The van der Waals surface area contributed by atoms with Crippen molar-refractivity contribution in [1.29, 1.82) is 0 Å². The Morgan fingerprint density at radius 3 is 2.86 bits per heavy atom. The maximum Gasteiger partial charge on any atom is 0.225 e. The van der Waals surface area contributed by atoms with Crippen molar-refractivity contribution in [2.75, 3.05) is 18.0 Å². The Balaban J connectivity index is 1.45. The molecule has 2 aromatic carbocycles. The monoisotopic (exact) mass is 393 g/mol. The Hall–Kier alpha value is -2.40. The van der Waals surface area contributed by atoms with Crippen LogP contribution in [0.25, 0.3) is 10.2 Å². The van der Waals surface area contributed by atoms with E-state index in [1.165, 1.54) is 27.0 Å². The summed E-state index contributed by atoms with van der Waals surface area (Å²) in [5, 5.41) is 4.18. The number of piperidine rings is 1. The summed E-state index contributed by atoms with van der Waals surface area (Å²) in [6.07, 6.45) is 1.97. The molecule has 0 saturated carbocycles. The van der Waals surface area contributed by atoms with Crippen molar-refractivity contribution in [3.05, 3.63) is 58.7 Å². The predicted molar refractivity (Wildman–Crippen MR) is 117 cm³/mol. The first-order valence-electron chi connectivity index (χ1n) is 9.96. The van der Waals surface area contributed by atoms with Gasteiger partial charge in [-0.2, -0.15) is 0 Å². The van der Waals surface area contributed by atoms with Crippen molar-refractivity contribution in [1.82, 2.24) is 10.3 Å². The number of thiazole rings is 1. The van der Waals surface area contributed by atoms with Crippen LogP contribution in [0.2, 0.25) is 0 Å². The number of fused-ring (bicyclic) bond motifs is 1. The van der Waals surface area contributed by atoms with Gasteiger partial charge in [-0.15, -0.1) is 0 Å². The van der Waals surface area contributed by atoms with Crippen LogP contribution in [0, 0.1) is 26.7 Å². The second-order valence-corrected chi connectivity index (χ2v) is 8.86. The lowest BCUT2D eigenvalue weighted by atomic mass is 9.97. The van der Waals surface area contributed by atoms with Gasteiger partial charge in [-0.1, -0.05) is 41.7 Å². The average Bonchev–Trinajstić information content (AvgIpc) is 3.12. The number of rotatable bonds is 4. The third kappa shape index (κ3) is 3.90. The summed E-state index contributed by atoms with van der Waals surface area (Å²) in [6, 6.07) is 12.6. The lowest BCUT2D eigenvalue weighted by molar-refractivity contribution is -0.125. The fraction of sp³-hybridized carbons (Fsp3) is 0.391. The van der Waals surface area contributed by atoms with Crippen LogP contribution in [0.3, 0.4) is 0 Å². The molecule has 146 valence electrons. The molecule has 5 heteroatoms. The Morgan fingerprint density at radius 1 is 1.21 bits per heavy atom. The number of carbonyl (C=O) groups is 1. The van der Waals surface area contributed by atoms with Crippen molar-refractivity contribution in [3.63, 3.8) is 0 Å². The van der Waals surface area contributed by atoms with Crippen LogP contribution >= 0.6 is 11.3 Å². The zero-order chi connectivity index (χ0) is 19.7. The van der Waals surface area contributed by atoms with Gasteiger partial charge in [0.2, 0.25) is 5.91 Å². The second-order valence-electron chi connectivity index (χ2n) is 7.85. The third-order valence-electron chi connectivity index (χ3n) is 5.60. The van der Waals surface area contributed by atoms with Gasteiger partial charge in [-0.25, -0.2) is 4.98 Å². The summed E-state index contributed by atoms with van der Waals surface area (Å²) in [5.74, 6) is 0.175. The largest absolute Gasteiger partial charge is 0.352 e. The molecule has 0 aliphatic carbocycles. The van der Waals surface area contributed by atoms with Crippen LogP contribution in [-0.2, 0) is 11.3 Å². The highest BCUT2D eigenvalue weighted by Gasteiger charge is 2.27. The topological polar surface area (TPSA) is 45.2 Å². The molecule has 1 amide bonds. The van der Waals surface area contributed by atoms with E-state index in [9.17, 15) is 4.79 Å². The number of aryl methyl sites for hydroxylation is 3. The van der Waals surface area contributed by atoms with Crippen LogP contribution in [-0.4, -0.2) is 24.0 Å². The molecule has 1 aromatic heterocycles. The number of aromatic nitrogens is 1. The van der Waals surface area contributed by atoms with Crippen LogP contribution in [0.1, 0.15) is 35.1 Å². The number of hydrogen-bond acceptors (Lipinski definition) is 4. The fourth-order valence-electron chi connectivity index (χ4n) is 3.99. The van der Waals surface area contributed by atoms with E-state index in [-0.39, 0.29) is 11.8 Å². The predicted octanol–water partition coefficient (Wildman–Crippen LogP) is 4.75. The number of nitrogens with zero attached hydrogens (tertiary/aromatic N) is 2. The van der Waals surface area contributed by atoms with Gasteiger partial charge >= 0.3 is 0 Å². The molecule has 0 unspecified atom stereocenters. The van der Waals surface area contributed by atoms with E-state index in [0.717, 1.165) is 36.6 Å². The molecule has 3 aromatic rings. The van der Waals surface area contributed by atoms with Gasteiger partial charge in [0.25, 0.3) is 0 Å². The first-order chi connectivity index (χ1) is 13.5. The van der Waals surface area contributed by atoms with Crippen LogP contribution in [0.5, 0.6) is 0 Å². The van der Waals surface area contributed by atoms with Gasteiger partial charge in [0.1, 0.15) is 0 Å². The Kier molecular flexibility index (Phi) is 5.36. The summed E-state index contributed by atoms with van der Waals surface area (Å²) < 4.78 is 1.23. The minimum atomic E-state index is 0.0209. The SMILES string of the molecule is Cc1cc(C)c2nc(N3CCC[C@H](C(=O)NCc4ccccc4C)C3)sc2c1. The Bertz CT molecular complexity index is 1010. The van der Waals surface area contributed by atoms with Gasteiger partial charge in [0.15, 0.2) is 5.13 Å². The summed E-state index contributed by atoms with van der Waals surface area (Å²) in [7, 11) is 0. The minimum absolute atomic E-state index is 0.0209. The van der Waals surface area contributed by atoms with Crippen molar-refractivity contribution in [2.24, 2.45) is 5.92 Å². The number of amides is 1. The van der Waals surface area contributed by atoms with E-state index in [0.29, 0.717) is 6.54 Å². The first kappa shape index (κ1) is 18.9. The lowest BCUT2D eigenvalue weighted by Gasteiger charge is -2.31. The number of hydrogen-bond donors (Lipinski definition) is 1. The van der Waals surface area contributed by atoms with Gasteiger partial charge in [0.05, 0.1) is 16.1 Å². The Morgan fingerprint density at radius 2 is 2.04 bits per heavy atom. The maximum absolute atomic E-state index is 12.8. The normalized spacial score (nSPS) is 17.1. The number of carbonyl (C=O) groups excluding carboxylic acids is 1. The van der Waals surface area contributed by atoms with Gasteiger partial charge in [-0.05, 0) is 61.9 Å². The van der Waals surface area contributed by atoms with Crippen molar-refractivity contribution < 1.29 is 4.79 Å². The van der Waals surface area contributed by atoms with Crippen molar-refractivity contribution >= 4 is 32.6 Å². The molecule has 0 bridgehead atoms. The number of benzene rings is 2. The molecule has 1 atom stereocenters. The summed E-state index contributed by atoms with van der Waals surface area (Å²) in [5.41, 5.74) is 5.99. The highest BCUT2D eigenvalue weighted by Crippen LogP contribution is 2.33. The van der Waals surface area contributed by atoms with Crippen LogP contribution < -0.4 is 10.2 Å². The molecule has 28 heavy (non-hydrogen) atoms. The van der Waals surface area contributed by atoms with Crippen molar-refractivity contribution in [2.45, 2.75) is 40.2 Å². The van der Waals surface area contributed by atoms with Gasteiger partial charge in [-0.3, -0.25) is 4.79 Å². The molecule has 1 saturated heterocycles. The molecule has 0 radical (unpaired) electrons. The summed E-state index contributed by atoms with van der Waals surface area (Å²) in [6.45, 7) is 8.65. The van der Waals surface area contributed by atoms with Crippen LogP contribution in [0.15, 0.2) is 36.4 Å². The minimum Gasteiger partial charge on any atom is -0.352 e. The first-order valence-corrected chi connectivity index (χ1v) is 10.8. The number of nitrogens with one attached hydrogen (secondary N) is 1. The van der Waals surface area contributed by atoms with Gasteiger partial charge in [0, 0.05) is 19.6 Å². The molecule has 4 nitrogen and oxygen atoms in total. The lowest BCUT2D eigenvalue weighted by Crippen LogP contribution is -2.43. The zero-order valence-corrected chi connectivity index (χ0v) is 17.6. The van der Waals surface area contributed by atoms with E-state index in [2.05, 4.69) is 55.3 Å². The molecule has 2 heterocycles. The zero-order valence-electron chi connectivity index (χ0n) is 16.8. The smallest absolute Gasteiger partial charge is 0.225 e.